The predicted molar refractivity (Wildman–Crippen MR) is 113 cm³/mol. The number of amides is 1. The zero-order valence-electron chi connectivity index (χ0n) is 16.5. The number of piperidine rings is 1. The summed E-state index contributed by atoms with van der Waals surface area (Å²) in [5.41, 5.74) is 2.29. The van der Waals surface area contributed by atoms with E-state index in [2.05, 4.69) is 21.7 Å². The van der Waals surface area contributed by atoms with Crippen molar-refractivity contribution < 1.29 is 13.2 Å². The molecule has 154 valence electrons. The van der Waals surface area contributed by atoms with Gasteiger partial charge in [-0.3, -0.25) is 4.79 Å². The lowest BCUT2D eigenvalue weighted by atomic mass is 9.83. The Bertz CT molecular complexity index is 997. The first kappa shape index (κ1) is 19.3. The fourth-order valence-corrected chi connectivity index (χ4v) is 7.15. The molecule has 5 rings (SSSR count). The summed E-state index contributed by atoms with van der Waals surface area (Å²) in [4.78, 5) is 15.3. The second-order valence-electron chi connectivity index (χ2n) is 8.62. The second kappa shape index (κ2) is 7.22. The molecule has 2 aromatic rings. The highest BCUT2D eigenvalue weighted by atomic mass is 32.2. The lowest BCUT2D eigenvalue weighted by molar-refractivity contribution is -0.134. The fourth-order valence-electron chi connectivity index (χ4n) is 4.94. The number of nitrogens with zero attached hydrogens (tertiary/aromatic N) is 2. The fraction of sp³-hybridized carbons (Fsp3) is 0.500. The van der Waals surface area contributed by atoms with E-state index < -0.39 is 10.0 Å². The van der Waals surface area contributed by atoms with E-state index in [0.717, 1.165) is 31.4 Å². The van der Waals surface area contributed by atoms with Crippen LogP contribution in [0.1, 0.15) is 36.3 Å². The summed E-state index contributed by atoms with van der Waals surface area (Å²) in [6, 6.07) is 9.37. The summed E-state index contributed by atoms with van der Waals surface area (Å²) in [5.74, 6) is 0.852. The topological polar surface area (TPSA) is 57.7 Å². The number of hydrogen-bond donors (Lipinski definition) is 0. The van der Waals surface area contributed by atoms with Crippen LogP contribution in [-0.2, 0) is 14.8 Å². The van der Waals surface area contributed by atoms with Gasteiger partial charge >= 0.3 is 0 Å². The van der Waals surface area contributed by atoms with E-state index in [1.807, 2.05) is 19.1 Å². The third-order valence-corrected chi connectivity index (χ3v) is 9.31. The molecule has 0 unspecified atom stereocenters. The van der Waals surface area contributed by atoms with Crippen LogP contribution < -0.4 is 0 Å². The SMILES string of the molecule is Cc1ccc(S(=O)(=O)N2CC[C@H]3[C@@H](C2)[C@H](c2ccsc2)CN3C(=O)C2CC2)cc1. The maximum atomic E-state index is 13.3. The molecule has 0 spiro atoms. The average Bonchev–Trinajstić information content (AvgIpc) is 3.29. The van der Waals surface area contributed by atoms with Gasteiger partial charge in [0.2, 0.25) is 15.9 Å². The Morgan fingerprint density at radius 3 is 2.48 bits per heavy atom. The number of rotatable bonds is 4. The molecule has 0 bridgehead atoms. The summed E-state index contributed by atoms with van der Waals surface area (Å²) in [7, 11) is -3.52. The van der Waals surface area contributed by atoms with Crippen molar-refractivity contribution in [1.29, 1.82) is 0 Å². The number of thiophene rings is 1. The maximum Gasteiger partial charge on any atom is 0.243 e. The van der Waals surface area contributed by atoms with E-state index in [9.17, 15) is 13.2 Å². The van der Waals surface area contributed by atoms with Gasteiger partial charge in [0.25, 0.3) is 0 Å². The molecular formula is C22H26N2O3S2. The highest BCUT2D eigenvalue weighted by Crippen LogP contribution is 2.45. The van der Waals surface area contributed by atoms with E-state index in [1.165, 1.54) is 5.56 Å². The first-order valence-electron chi connectivity index (χ1n) is 10.3. The minimum Gasteiger partial charge on any atom is -0.338 e. The van der Waals surface area contributed by atoms with E-state index in [-0.39, 0.29) is 29.7 Å². The van der Waals surface area contributed by atoms with Crippen molar-refractivity contribution in [2.45, 2.75) is 43.0 Å². The van der Waals surface area contributed by atoms with Crippen molar-refractivity contribution in [2.75, 3.05) is 19.6 Å². The van der Waals surface area contributed by atoms with Gasteiger partial charge in [-0.05, 0) is 60.7 Å². The number of carbonyl (C=O) groups excluding carboxylic acids is 1. The van der Waals surface area contributed by atoms with Crippen molar-refractivity contribution in [3.05, 3.63) is 52.2 Å². The largest absolute Gasteiger partial charge is 0.338 e. The van der Waals surface area contributed by atoms with Crippen LogP contribution >= 0.6 is 11.3 Å². The van der Waals surface area contributed by atoms with E-state index in [4.69, 9.17) is 0 Å². The quantitative estimate of drug-likeness (QED) is 0.746. The predicted octanol–water partition coefficient (Wildman–Crippen LogP) is 3.47. The molecule has 3 fully saturated rings. The zero-order chi connectivity index (χ0) is 20.2. The van der Waals surface area contributed by atoms with Crippen molar-refractivity contribution in [1.82, 2.24) is 9.21 Å². The van der Waals surface area contributed by atoms with Gasteiger partial charge < -0.3 is 4.90 Å². The van der Waals surface area contributed by atoms with Crippen molar-refractivity contribution >= 4 is 27.3 Å². The monoisotopic (exact) mass is 430 g/mol. The molecule has 2 aliphatic heterocycles. The number of sulfonamides is 1. The van der Waals surface area contributed by atoms with Gasteiger partial charge in [0.1, 0.15) is 0 Å². The molecular weight excluding hydrogens is 404 g/mol. The Balaban J connectivity index is 1.43. The van der Waals surface area contributed by atoms with Crippen LogP contribution in [-0.4, -0.2) is 49.2 Å². The van der Waals surface area contributed by atoms with Crippen LogP contribution in [0, 0.1) is 18.8 Å². The Labute approximate surface area is 176 Å². The number of hydrogen-bond acceptors (Lipinski definition) is 4. The summed E-state index contributed by atoms with van der Waals surface area (Å²) < 4.78 is 28.2. The van der Waals surface area contributed by atoms with Gasteiger partial charge in [-0.2, -0.15) is 15.6 Å². The molecule has 1 aromatic heterocycles. The highest BCUT2D eigenvalue weighted by molar-refractivity contribution is 7.89. The molecule has 0 radical (unpaired) electrons. The first-order valence-corrected chi connectivity index (χ1v) is 12.7. The minimum absolute atomic E-state index is 0.150. The van der Waals surface area contributed by atoms with Crippen molar-refractivity contribution in [3.63, 3.8) is 0 Å². The van der Waals surface area contributed by atoms with Crippen LogP contribution in [0.5, 0.6) is 0 Å². The third kappa shape index (κ3) is 3.43. The van der Waals surface area contributed by atoms with E-state index in [0.29, 0.717) is 18.0 Å². The molecule has 1 amide bonds. The third-order valence-electron chi connectivity index (χ3n) is 6.73. The summed E-state index contributed by atoms with van der Waals surface area (Å²) >= 11 is 1.66. The van der Waals surface area contributed by atoms with Crippen molar-refractivity contribution in [2.24, 2.45) is 11.8 Å². The molecule has 0 N–H and O–H groups in total. The Kier molecular flexibility index (Phi) is 4.80. The molecule has 29 heavy (non-hydrogen) atoms. The van der Waals surface area contributed by atoms with Crippen LogP contribution in [0.2, 0.25) is 0 Å². The molecule has 3 atom stereocenters. The summed E-state index contributed by atoms with van der Waals surface area (Å²) in [5, 5.41) is 4.22. The van der Waals surface area contributed by atoms with Gasteiger partial charge in [-0.25, -0.2) is 8.42 Å². The van der Waals surface area contributed by atoms with Crippen LogP contribution in [0.4, 0.5) is 0 Å². The Hall–Kier alpha value is -1.70. The maximum absolute atomic E-state index is 13.3. The number of likely N-dealkylation sites (tertiary alicyclic amines) is 1. The van der Waals surface area contributed by atoms with E-state index in [1.54, 1.807) is 27.8 Å². The summed E-state index contributed by atoms with van der Waals surface area (Å²) in [6.45, 7) is 3.63. The van der Waals surface area contributed by atoms with Gasteiger partial charge in [-0.15, -0.1) is 0 Å². The lowest BCUT2D eigenvalue weighted by Crippen LogP contribution is -2.49. The Morgan fingerprint density at radius 1 is 1.07 bits per heavy atom. The van der Waals surface area contributed by atoms with Crippen LogP contribution in [0.15, 0.2) is 46.0 Å². The molecule has 3 aliphatic rings. The molecule has 2 saturated heterocycles. The Morgan fingerprint density at radius 2 is 1.83 bits per heavy atom. The number of carbonyl (C=O) groups is 1. The minimum atomic E-state index is -3.52. The van der Waals surface area contributed by atoms with Crippen LogP contribution in [0.25, 0.3) is 0 Å². The molecule has 7 heteroatoms. The van der Waals surface area contributed by atoms with Crippen molar-refractivity contribution in [3.8, 4) is 0 Å². The molecule has 1 aromatic carbocycles. The van der Waals surface area contributed by atoms with Gasteiger partial charge in [0.05, 0.1) is 4.90 Å². The first-order chi connectivity index (χ1) is 13.9. The van der Waals surface area contributed by atoms with Gasteiger partial charge in [-0.1, -0.05) is 17.7 Å². The molecule has 3 heterocycles. The van der Waals surface area contributed by atoms with Crippen LogP contribution in [0.3, 0.4) is 0 Å². The number of fused-ring (bicyclic) bond motifs is 1. The standard InChI is InChI=1S/C22H26N2O3S2/c1-15-2-6-18(7-3-15)29(26,27)23-10-8-21-20(12-23)19(17-9-11-28-14-17)13-24(21)22(25)16-4-5-16/h2-3,6-7,9,11,14,16,19-21H,4-5,8,10,12-13H2,1H3/t19-,20-,21-/m0/s1. The molecule has 5 nitrogen and oxygen atoms in total. The second-order valence-corrected chi connectivity index (χ2v) is 11.3. The number of aryl methyl sites for hydroxylation is 1. The number of benzene rings is 1. The summed E-state index contributed by atoms with van der Waals surface area (Å²) in [6.07, 6.45) is 2.72. The highest BCUT2D eigenvalue weighted by Gasteiger charge is 2.50. The average molecular weight is 431 g/mol. The smallest absolute Gasteiger partial charge is 0.243 e. The lowest BCUT2D eigenvalue weighted by Gasteiger charge is -2.38. The van der Waals surface area contributed by atoms with Gasteiger partial charge in [0.15, 0.2) is 0 Å². The van der Waals surface area contributed by atoms with E-state index >= 15 is 0 Å². The molecule has 1 aliphatic carbocycles. The zero-order valence-corrected chi connectivity index (χ0v) is 18.2. The van der Waals surface area contributed by atoms with Gasteiger partial charge in [0, 0.05) is 43.4 Å². The normalized spacial score (nSPS) is 27.8. The molecule has 1 saturated carbocycles.